The van der Waals surface area contributed by atoms with Gasteiger partial charge in [-0.25, -0.2) is 4.39 Å². The van der Waals surface area contributed by atoms with Gasteiger partial charge in [0, 0.05) is 36.1 Å². The molecular formula is C25H22FN3O4. The fourth-order valence-electron chi connectivity index (χ4n) is 5.73. The average Bonchev–Trinajstić information content (AvgIpc) is 3.28. The first kappa shape index (κ1) is 20.1. The number of halogens is 1. The first-order valence-electron chi connectivity index (χ1n) is 11.3. The van der Waals surface area contributed by atoms with Crippen LogP contribution in [-0.2, 0) is 21.5 Å². The van der Waals surface area contributed by atoms with E-state index < -0.39 is 11.9 Å². The van der Waals surface area contributed by atoms with E-state index in [0.29, 0.717) is 28.9 Å². The van der Waals surface area contributed by atoms with Crippen LogP contribution in [0.25, 0.3) is 0 Å². The number of carbonyl (C=O) groups excluding carboxylic acids is 4. The Bertz CT molecular complexity index is 1250. The number of amides is 4. The fraction of sp³-hybridized carbons (Fsp3) is 0.360. The van der Waals surface area contributed by atoms with E-state index in [1.807, 2.05) is 0 Å². The number of hydrogen-bond donors (Lipinski definition) is 1. The second-order valence-corrected chi connectivity index (χ2v) is 9.46. The molecule has 7 nitrogen and oxygen atoms in total. The number of nitrogens with zero attached hydrogens (tertiary/aromatic N) is 2. The van der Waals surface area contributed by atoms with Crippen molar-refractivity contribution >= 4 is 29.3 Å². The van der Waals surface area contributed by atoms with Crippen LogP contribution in [0.5, 0.6) is 0 Å². The molecule has 168 valence electrons. The van der Waals surface area contributed by atoms with Gasteiger partial charge in [0.15, 0.2) is 0 Å². The summed E-state index contributed by atoms with van der Waals surface area (Å²) in [4.78, 5) is 53.3. The number of piperidine rings is 1. The van der Waals surface area contributed by atoms with E-state index >= 15 is 0 Å². The molecule has 4 aliphatic rings. The summed E-state index contributed by atoms with van der Waals surface area (Å²) in [6.45, 7) is 0.736. The number of anilines is 1. The van der Waals surface area contributed by atoms with E-state index in [1.54, 1.807) is 29.2 Å². The van der Waals surface area contributed by atoms with Gasteiger partial charge in [-0.3, -0.25) is 24.5 Å². The van der Waals surface area contributed by atoms with Crippen LogP contribution in [0, 0.1) is 5.82 Å². The van der Waals surface area contributed by atoms with E-state index in [1.165, 1.54) is 17.0 Å². The highest BCUT2D eigenvalue weighted by molar-refractivity contribution is 6.10. The minimum atomic E-state index is -0.700. The van der Waals surface area contributed by atoms with E-state index in [4.69, 9.17) is 0 Å². The third kappa shape index (κ3) is 2.93. The van der Waals surface area contributed by atoms with E-state index in [9.17, 15) is 23.6 Å². The summed E-state index contributed by atoms with van der Waals surface area (Å²) in [7, 11) is 0. The summed E-state index contributed by atoms with van der Waals surface area (Å²) in [6, 6.07) is 8.94. The van der Waals surface area contributed by atoms with Crippen molar-refractivity contribution in [3.8, 4) is 0 Å². The molecule has 1 N–H and O–H groups in total. The predicted octanol–water partition coefficient (Wildman–Crippen LogP) is 2.67. The number of rotatable bonds is 2. The van der Waals surface area contributed by atoms with Crippen molar-refractivity contribution in [3.05, 3.63) is 64.5 Å². The molecule has 1 saturated heterocycles. The van der Waals surface area contributed by atoms with Crippen molar-refractivity contribution in [2.24, 2.45) is 0 Å². The lowest BCUT2D eigenvalue weighted by atomic mass is 9.66. The van der Waals surface area contributed by atoms with Gasteiger partial charge >= 0.3 is 0 Å². The molecule has 1 saturated carbocycles. The van der Waals surface area contributed by atoms with Gasteiger partial charge < -0.3 is 9.80 Å². The largest absolute Gasteiger partial charge is 0.322 e. The van der Waals surface area contributed by atoms with Gasteiger partial charge in [0.05, 0.1) is 5.69 Å². The number of fused-ring (bicyclic) bond motifs is 3. The van der Waals surface area contributed by atoms with Gasteiger partial charge in [0.2, 0.25) is 11.8 Å². The lowest BCUT2D eigenvalue weighted by Gasteiger charge is -2.39. The van der Waals surface area contributed by atoms with Gasteiger partial charge in [-0.2, -0.15) is 0 Å². The van der Waals surface area contributed by atoms with Crippen LogP contribution in [0.15, 0.2) is 36.4 Å². The van der Waals surface area contributed by atoms with Crippen LogP contribution in [0.1, 0.15) is 63.9 Å². The molecule has 1 atom stereocenters. The van der Waals surface area contributed by atoms with Crippen molar-refractivity contribution in [2.75, 3.05) is 11.4 Å². The molecule has 2 fully saturated rings. The summed E-state index contributed by atoms with van der Waals surface area (Å²) in [6.07, 6.45) is 3.53. The molecule has 8 heteroatoms. The summed E-state index contributed by atoms with van der Waals surface area (Å²) in [5, 5.41) is 2.29. The fourth-order valence-corrected chi connectivity index (χ4v) is 5.73. The molecule has 2 aromatic rings. The molecule has 3 aliphatic heterocycles. The van der Waals surface area contributed by atoms with Crippen molar-refractivity contribution in [2.45, 2.75) is 50.1 Å². The minimum Gasteiger partial charge on any atom is -0.322 e. The second kappa shape index (κ2) is 6.97. The Labute approximate surface area is 189 Å². The second-order valence-electron chi connectivity index (χ2n) is 9.46. The maximum atomic E-state index is 14.0. The molecule has 1 aliphatic carbocycles. The molecule has 0 aromatic heterocycles. The minimum absolute atomic E-state index is 0.0893. The Kier molecular flexibility index (Phi) is 4.24. The van der Waals surface area contributed by atoms with Crippen LogP contribution in [0.4, 0.5) is 10.1 Å². The molecule has 1 spiro atoms. The third-order valence-corrected chi connectivity index (χ3v) is 7.61. The monoisotopic (exact) mass is 447 g/mol. The predicted molar refractivity (Wildman–Crippen MR) is 116 cm³/mol. The maximum Gasteiger partial charge on any atom is 0.258 e. The zero-order valence-electron chi connectivity index (χ0n) is 17.9. The zero-order valence-corrected chi connectivity index (χ0v) is 17.9. The van der Waals surface area contributed by atoms with E-state index in [0.717, 1.165) is 24.8 Å². The van der Waals surface area contributed by atoms with E-state index in [-0.39, 0.29) is 48.3 Å². The standard InChI is InChI=1S/C25H22FN3O4/c26-16-3-5-18-20(11-16)29(13-25(18)8-1-9-25)23(32)14-2-4-17-15(10-14)12-28(24(17)33)19-6-7-21(30)27-22(19)31/h2-5,10-11,19H,1,6-9,12-13H2,(H,27,30,31). The molecule has 1 unspecified atom stereocenters. The molecule has 6 rings (SSSR count). The maximum absolute atomic E-state index is 14.0. The van der Waals surface area contributed by atoms with Crippen molar-refractivity contribution in [1.82, 2.24) is 10.2 Å². The van der Waals surface area contributed by atoms with Gasteiger partial charge in [-0.1, -0.05) is 12.5 Å². The van der Waals surface area contributed by atoms with Crippen molar-refractivity contribution < 1.29 is 23.6 Å². The number of carbonyl (C=O) groups is 4. The number of imide groups is 1. The molecule has 3 heterocycles. The number of benzene rings is 2. The van der Waals surface area contributed by atoms with Gasteiger partial charge in [-0.15, -0.1) is 0 Å². The summed E-state index contributed by atoms with van der Waals surface area (Å²) >= 11 is 0. The Hall–Kier alpha value is -3.55. The van der Waals surface area contributed by atoms with Gasteiger partial charge in [0.1, 0.15) is 11.9 Å². The highest BCUT2D eigenvalue weighted by Crippen LogP contribution is 2.53. The van der Waals surface area contributed by atoms with Crippen LogP contribution >= 0.6 is 0 Å². The Morgan fingerprint density at radius 1 is 1.09 bits per heavy atom. The smallest absolute Gasteiger partial charge is 0.258 e. The van der Waals surface area contributed by atoms with Gasteiger partial charge in [-0.05, 0) is 60.7 Å². The summed E-state index contributed by atoms with van der Waals surface area (Å²) in [5.74, 6) is -1.67. The summed E-state index contributed by atoms with van der Waals surface area (Å²) in [5.41, 5.74) is 3.13. The van der Waals surface area contributed by atoms with Crippen LogP contribution in [0.3, 0.4) is 0 Å². The van der Waals surface area contributed by atoms with Crippen LogP contribution in [-0.4, -0.2) is 41.1 Å². The van der Waals surface area contributed by atoms with Crippen molar-refractivity contribution in [3.63, 3.8) is 0 Å². The average molecular weight is 447 g/mol. The van der Waals surface area contributed by atoms with Gasteiger partial charge in [0.25, 0.3) is 11.8 Å². The third-order valence-electron chi connectivity index (χ3n) is 7.61. The Balaban J connectivity index is 1.29. The van der Waals surface area contributed by atoms with Crippen LogP contribution in [0.2, 0.25) is 0 Å². The quantitative estimate of drug-likeness (QED) is 0.718. The Morgan fingerprint density at radius 3 is 2.64 bits per heavy atom. The molecular weight excluding hydrogens is 425 g/mol. The number of nitrogens with one attached hydrogen (secondary N) is 1. The highest BCUT2D eigenvalue weighted by atomic mass is 19.1. The van der Waals surface area contributed by atoms with Crippen LogP contribution < -0.4 is 10.2 Å². The van der Waals surface area contributed by atoms with E-state index in [2.05, 4.69) is 5.32 Å². The molecule has 0 radical (unpaired) electrons. The molecule has 4 amide bonds. The molecule has 33 heavy (non-hydrogen) atoms. The highest BCUT2D eigenvalue weighted by Gasteiger charge is 2.49. The molecule has 2 aromatic carbocycles. The SMILES string of the molecule is O=C1CCC(N2Cc3cc(C(=O)N4CC5(CCC5)c5ccc(F)cc54)ccc3C2=O)C(=O)N1. The lowest BCUT2D eigenvalue weighted by Crippen LogP contribution is -2.52. The first-order chi connectivity index (χ1) is 15.9. The topological polar surface area (TPSA) is 86.8 Å². The lowest BCUT2D eigenvalue weighted by molar-refractivity contribution is -0.136. The van der Waals surface area contributed by atoms with Crippen molar-refractivity contribution in [1.29, 1.82) is 0 Å². The summed E-state index contributed by atoms with van der Waals surface area (Å²) < 4.78 is 14.0. The molecule has 0 bridgehead atoms. The number of hydrogen-bond acceptors (Lipinski definition) is 4. The Morgan fingerprint density at radius 2 is 1.91 bits per heavy atom. The normalized spacial score (nSPS) is 22.8. The zero-order chi connectivity index (χ0) is 22.9. The first-order valence-corrected chi connectivity index (χ1v) is 11.3.